The van der Waals surface area contributed by atoms with Crippen LogP contribution in [0.25, 0.3) is 104 Å². The molecule has 0 bridgehead atoms. The Hall–Kier alpha value is -7.07. The molecule has 0 N–H and O–H groups in total. The predicted molar refractivity (Wildman–Crippen MR) is 218 cm³/mol. The Labute approximate surface area is 307 Å². The van der Waals surface area contributed by atoms with E-state index in [9.17, 15) is 5.26 Å². The highest BCUT2D eigenvalue weighted by Crippen LogP contribution is 2.46. The molecule has 53 heavy (non-hydrogen) atoms. The maximum Gasteiger partial charge on any atom is 0.161 e. The highest BCUT2D eigenvalue weighted by Gasteiger charge is 2.25. The van der Waals surface area contributed by atoms with Gasteiger partial charge in [-0.2, -0.15) is 5.26 Å². The molecule has 11 rings (SSSR count). The third kappa shape index (κ3) is 4.35. The van der Waals surface area contributed by atoms with Crippen LogP contribution >= 0.6 is 11.3 Å². The van der Waals surface area contributed by atoms with E-state index in [1.54, 1.807) is 0 Å². The molecule has 0 aliphatic rings. The molecule has 6 heteroatoms. The van der Waals surface area contributed by atoms with Crippen LogP contribution in [0.3, 0.4) is 0 Å². The topological polar surface area (TPSA) is 67.6 Å². The highest BCUT2D eigenvalue weighted by atomic mass is 32.1. The normalized spacial score (nSPS) is 11.8. The first-order chi connectivity index (χ1) is 26.3. The summed E-state index contributed by atoms with van der Waals surface area (Å²) in [7, 11) is 0. The second kappa shape index (κ2) is 11.5. The van der Waals surface area contributed by atoms with Gasteiger partial charge in [-0.3, -0.25) is 0 Å². The van der Waals surface area contributed by atoms with Crippen LogP contribution in [0.2, 0.25) is 0 Å². The van der Waals surface area contributed by atoms with Crippen molar-refractivity contribution in [1.29, 1.82) is 5.26 Å². The fourth-order valence-electron chi connectivity index (χ4n) is 8.01. The van der Waals surface area contributed by atoms with Crippen LogP contribution in [-0.2, 0) is 0 Å². The largest absolute Gasteiger partial charge is 0.454 e. The molecule has 0 saturated carbocycles. The van der Waals surface area contributed by atoms with Gasteiger partial charge in [0.25, 0.3) is 0 Å². The molecule has 4 aromatic heterocycles. The summed E-state index contributed by atoms with van der Waals surface area (Å²) in [5, 5.41) is 17.4. The molecule has 5 nitrogen and oxygen atoms in total. The van der Waals surface area contributed by atoms with Gasteiger partial charge in [0.15, 0.2) is 11.4 Å². The SMILES string of the molecule is N#Cc1c(-c2ccccc2)nc(-c2ccc(-n3c4ccccc4c4c5c(ccc43)sc3ccccc35)c3oc4ccccc4c23)nc1-c1ccccc1. The zero-order chi connectivity index (χ0) is 35.0. The van der Waals surface area contributed by atoms with E-state index in [1.165, 1.54) is 30.9 Å². The molecule has 0 aliphatic carbocycles. The lowest BCUT2D eigenvalue weighted by atomic mass is 9.99. The summed E-state index contributed by atoms with van der Waals surface area (Å²) < 4.78 is 11.8. The van der Waals surface area contributed by atoms with E-state index in [2.05, 4.69) is 89.5 Å². The predicted octanol–water partition coefficient (Wildman–Crippen LogP) is 12.7. The number of nitrogens with zero attached hydrogens (tertiary/aromatic N) is 4. The fraction of sp³-hybridized carbons (Fsp3) is 0. The maximum absolute atomic E-state index is 10.5. The first-order valence-corrected chi connectivity index (χ1v) is 18.3. The van der Waals surface area contributed by atoms with Crippen LogP contribution in [0.1, 0.15) is 5.56 Å². The first kappa shape index (κ1) is 29.6. The summed E-state index contributed by atoms with van der Waals surface area (Å²) in [6.45, 7) is 0. The van der Waals surface area contributed by atoms with Gasteiger partial charge in [-0.05, 0) is 42.5 Å². The Morgan fingerprint density at radius 2 is 1.17 bits per heavy atom. The van der Waals surface area contributed by atoms with Crippen LogP contribution < -0.4 is 0 Å². The molecule has 0 aliphatic heterocycles. The monoisotopic (exact) mass is 694 g/mol. The van der Waals surface area contributed by atoms with Gasteiger partial charge in [0.1, 0.15) is 17.2 Å². The van der Waals surface area contributed by atoms with Crippen LogP contribution in [0.4, 0.5) is 0 Å². The minimum atomic E-state index is 0.439. The van der Waals surface area contributed by atoms with Crippen LogP contribution in [-0.4, -0.2) is 14.5 Å². The fourth-order valence-corrected chi connectivity index (χ4v) is 9.12. The number of para-hydroxylation sites is 2. The van der Waals surface area contributed by atoms with Crippen molar-refractivity contribution in [2.45, 2.75) is 0 Å². The molecule has 246 valence electrons. The molecule has 0 saturated heterocycles. The summed E-state index contributed by atoms with van der Waals surface area (Å²) in [5.41, 5.74) is 8.85. The molecule has 0 fully saturated rings. The van der Waals surface area contributed by atoms with E-state index in [4.69, 9.17) is 14.4 Å². The van der Waals surface area contributed by atoms with Gasteiger partial charge in [0.05, 0.1) is 28.1 Å². The zero-order valence-corrected chi connectivity index (χ0v) is 28.9. The Morgan fingerprint density at radius 1 is 0.528 bits per heavy atom. The van der Waals surface area contributed by atoms with Gasteiger partial charge in [-0.1, -0.05) is 115 Å². The Balaban J connectivity index is 1.25. The first-order valence-electron chi connectivity index (χ1n) is 17.5. The molecule has 0 atom stereocenters. The lowest BCUT2D eigenvalue weighted by Gasteiger charge is -2.14. The highest BCUT2D eigenvalue weighted by molar-refractivity contribution is 7.26. The van der Waals surface area contributed by atoms with Gasteiger partial charge in [0.2, 0.25) is 0 Å². The van der Waals surface area contributed by atoms with Gasteiger partial charge >= 0.3 is 0 Å². The van der Waals surface area contributed by atoms with Gasteiger partial charge in [-0.15, -0.1) is 11.3 Å². The molecule has 11 aromatic rings. The maximum atomic E-state index is 10.5. The summed E-state index contributed by atoms with van der Waals surface area (Å²) >= 11 is 1.83. The van der Waals surface area contributed by atoms with Gasteiger partial charge < -0.3 is 8.98 Å². The summed E-state index contributed by atoms with van der Waals surface area (Å²) in [6.07, 6.45) is 0. The van der Waals surface area contributed by atoms with Crippen molar-refractivity contribution >= 4 is 75.3 Å². The van der Waals surface area contributed by atoms with E-state index in [1.807, 2.05) is 90.2 Å². The van der Waals surface area contributed by atoms with E-state index in [-0.39, 0.29) is 0 Å². The van der Waals surface area contributed by atoms with Crippen molar-refractivity contribution in [2.24, 2.45) is 0 Å². The number of benzene rings is 7. The molecule has 0 amide bonds. The number of fused-ring (bicyclic) bond motifs is 10. The average molecular weight is 695 g/mol. The number of hydrogen-bond donors (Lipinski definition) is 0. The number of nitriles is 1. The third-order valence-electron chi connectivity index (χ3n) is 10.3. The molecule has 0 spiro atoms. The van der Waals surface area contributed by atoms with Crippen molar-refractivity contribution < 1.29 is 4.42 Å². The van der Waals surface area contributed by atoms with E-state index >= 15 is 0 Å². The van der Waals surface area contributed by atoms with Gasteiger partial charge in [-0.25, -0.2) is 9.97 Å². The quantitative estimate of drug-likeness (QED) is 0.184. The smallest absolute Gasteiger partial charge is 0.161 e. The van der Waals surface area contributed by atoms with E-state index < -0.39 is 0 Å². The average Bonchev–Trinajstić information content (AvgIpc) is 3.90. The van der Waals surface area contributed by atoms with Crippen molar-refractivity contribution in [2.75, 3.05) is 0 Å². The Kier molecular flexibility index (Phi) is 6.42. The van der Waals surface area contributed by atoms with Crippen LogP contribution in [0.5, 0.6) is 0 Å². The van der Waals surface area contributed by atoms with Crippen molar-refractivity contribution in [3.8, 4) is 45.7 Å². The molecular formula is C47H26N4OS. The van der Waals surface area contributed by atoms with E-state index in [0.717, 1.165) is 55.3 Å². The standard InChI is InChI=1S/C47H26N4OS/c48-27-34-44(28-13-3-1-4-14-28)49-47(50-45(34)29-15-5-2-6-16-29)33-23-24-37(46-41(33)31-18-8-11-21-38(31)52-46)51-35-20-10-7-17-30(35)42-36(51)25-26-40-43(42)32-19-9-12-22-39(32)53-40/h1-26H. The molecular weight excluding hydrogens is 669 g/mol. The second-order valence-electron chi connectivity index (χ2n) is 13.2. The van der Waals surface area contributed by atoms with Crippen LogP contribution in [0, 0.1) is 11.3 Å². The van der Waals surface area contributed by atoms with Gasteiger partial charge in [0, 0.05) is 58.4 Å². The van der Waals surface area contributed by atoms with Crippen molar-refractivity contribution in [3.05, 3.63) is 163 Å². The molecule has 0 radical (unpaired) electrons. The van der Waals surface area contributed by atoms with Crippen molar-refractivity contribution in [3.63, 3.8) is 0 Å². The zero-order valence-electron chi connectivity index (χ0n) is 28.1. The summed E-state index contributed by atoms with van der Waals surface area (Å²) in [5.74, 6) is 0.526. The Bertz CT molecular complexity index is 3230. The number of rotatable bonds is 4. The van der Waals surface area contributed by atoms with E-state index in [0.29, 0.717) is 22.8 Å². The summed E-state index contributed by atoms with van der Waals surface area (Å²) in [4.78, 5) is 10.4. The number of thiophene rings is 1. The summed E-state index contributed by atoms with van der Waals surface area (Å²) in [6, 6.07) is 56.4. The third-order valence-corrected chi connectivity index (χ3v) is 11.4. The Morgan fingerprint density at radius 3 is 1.91 bits per heavy atom. The lowest BCUT2D eigenvalue weighted by molar-refractivity contribution is 0.666. The number of aromatic nitrogens is 3. The minimum Gasteiger partial charge on any atom is -0.454 e. The second-order valence-corrected chi connectivity index (χ2v) is 14.3. The molecule has 0 unspecified atom stereocenters. The molecule has 7 aromatic carbocycles. The lowest BCUT2D eigenvalue weighted by Crippen LogP contribution is -2.02. The number of hydrogen-bond acceptors (Lipinski definition) is 5. The number of furan rings is 1. The molecule has 4 heterocycles. The van der Waals surface area contributed by atoms with Crippen molar-refractivity contribution in [1.82, 2.24) is 14.5 Å². The van der Waals surface area contributed by atoms with Crippen LogP contribution in [0.15, 0.2) is 162 Å². The minimum absolute atomic E-state index is 0.439.